The number of nitrogens with zero attached hydrogens (tertiary/aromatic N) is 1. The highest BCUT2D eigenvalue weighted by atomic mass is 35.6. The van der Waals surface area contributed by atoms with Crippen LogP contribution in [0.4, 0.5) is 5.69 Å². The van der Waals surface area contributed by atoms with Gasteiger partial charge in [-0.1, -0.05) is 53.0 Å². The summed E-state index contributed by atoms with van der Waals surface area (Å²) in [6.45, 7) is 0. The van der Waals surface area contributed by atoms with E-state index in [2.05, 4.69) is 0 Å². The molecule has 0 heterocycles. The summed E-state index contributed by atoms with van der Waals surface area (Å²) >= 11 is 16.3. The van der Waals surface area contributed by atoms with E-state index in [0.717, 1.165) is 0 Å². The van der Waals surface area contributed by atoms with Gasteiger partial charge in [0.05, 0.1) is 0 Å². The molecule has 0 spiro atoms. The largest absolute Gasteiger partial charge is 0.379 e. The highest BCUT2D eigenvalue weighted by molar-refractivity contribution is 6.69. The van der Waals surface area contributed by atoms with Crippen LogP contribution in [0.1, 0.15) is 0 Å². The first kappa shape index (κ1) is 13.6. The van der Waals surface area contributed by atoms with Crippen molar-refractivity contribution in [2.24, 2.45) is 0 Å². The number of hydrogen-bond donors (Lipinski definition) is 1. The van der Waals surface area contributed by atoms with Crippen molar-refractivity contribution in [1.29, 1.82) is 0 Å². The number of carbonyl (C=O) groups excluding carboxylic acids is 1. The number of anilines is 1. The molecule has 88 valence electrons. The van der Waals surface area contributed by atoms with Crippen molar-refractivity contribution in [1.82, 2.24) is 0 Å². The van der Waals surface area contributed by atoms with Gasteiger partial charge in [0.2, 0.25) is 3.79 Å². The quantitative estimate of drug-likeness (QED) is 0.846. The minimum absolute atomic E-state index is 0.612. The molecule has 1 aromatic carbocycles. The van der Waals surface area contributed by atoms with E-state index < -0.39 is 15.8 Å². The minimum Gasteiger partial charge on any atom is -0.379 e. The number of alkyl halides is 3. The van der Waals surface area contributed by atoms with Crippen LogP contribution in [0.5, 0.6) is 0 Å². The molecule has 0 aliphatic heterocycles. The van der Waals surface area contributed by atoms with E-state index >= 15 is 0 Å². The zero-order chi connectivity index (χ0) is 12.3. The third kappa shape index (κ3) is 3.25. The van der Waals surface area contributed by atoms with Crippen LogP contribution in [0, 0.1) is 0 Å². The lowest BCUT2D eigenvalue weighted by atomic mass is 10.2. The second kappa shape index (κ2) is 5.23. The molecular weight excluding hydrogens is 272 g/mol. The third-order valence-corrected chi connectivity index (χ3v) is 2.64. The van der Waals surface area contributed by atoms with Gasteiger partial charge >= 0.3 is 0 Å². The lowest BCUT2D eigenvalue weighted by Crippen LogP contribution is -2.43. The maximum Gasteiger partial charge on any atom is 0.260 e. The van der Waals surface area contributed by atoms with E-state index in [-0.39, 0.29) is 0 Å². The second-order valence-corrected chi connectivity index (χ2v) is 5.55. The first-order valence-electron chi connectivity index (χ1n) is 4.41. The molecule has 1 atom stereocenters. The number of halogens is 3. The fourth-order valence-electron chi connectivity index (χ4n) is 1.10. The number of amides is 1. The molecule has 0 aromatic heterocycles. The number of benzene rings is 1. The summed E-state index contributed by atoms with van der Waals surface area (Å²) in [7, 11) is 1.50. The fourth-order valence-corrected chi connectivity index (χ4v) is 1.38. The SMILES string of the molecule is CN(C(=O)C(O)C(Cl)(Cl)Cl)c1ccccc1. The molecule has 0 aliphatic carbocycles. The molecule has 3 nitrogen and oxygen atoms in total. The summed E-state index contributed by atoms with van der Waals surface area (Å²) in [6.07, 6.45) is -1.69. The summed E-state index contributed by atoms with van der Waals surface area (Å²) in [5.74, 6) is -0.675. The molecule has 0 saturated heterocycles. The molecule has 0 saturated carbocycles. The molecule has 0 aliphatic rings. The van der Waals surface area contributed by atoms with Gasteiger partial charge in [-0.15, -0.1) is 0 Å². The number of carbonyl (C=O) groups is 1. The van der Waals surface area contributed by atoms with E-state index in [1.54, 1.807) is 24.3 Å². The normalized spacial score (nSPS) is 13.3. The van der Waals surface area contributed by atoms with Crippen LogP contribution in [-0.2, 0) is 4.79 Å². The Labute approximate surface area is 109 Å². The second-order valence-electron chi connectivity index (χ2n) is 3.18. The highest BCUT2D eigenvalue weighted by Crippen LogP contribution is 2.31. The highest BCUT2D eigenvalue weighted by Gasteiger charge is 2.38. The number of rotatable bonds is 2. The molecule has 0 radical (unpaired) electrons. The van der Waals surface area contributed by atoms with Gasteiger partial charge < -0.3 is 10.0 Å². The summed E-state index contributed by atoms with van der Waals surface area (Å²) < 4.78 is -2.03. The van der Waals surface area contributed by atoms with Gasteiger partial charge in [0.1, 0.15) is 0 Å². The van der Waals surface area contributed by atoms with Gasteiger partial charge in [-0.3, -0.25) is 4.79 Å². The molecule has 16 heavy (non-hydrogen) atoms. The molecule has 1 rings (SSSR count). The van der Waals surface area contributed by atoms with E-state index in [4.69, 9.17) is 34.8 Å². The molecule has 1 aromatic rings. The van der Waals surface area contributed by atoms with E-state index in [0.29, 0.717) is 5.69 Å². The third-order valence-electron chi connectivity index (χ3n) is 2.02. The van der Waals surface area contributed by atoms with Crippen molar-refractivity contribution in [2.75, 3.05) is 11.9 Å². The van der Waals surface area contributed by atoms with Gasteiger partial charge in [0.15, 0.2) is 6.10 Å². The summed E-state index contributed by atoms with van der Waals surface area (Å²) in [4.78, 5) is 12.9. The van der Waals surface area contributed by atoms with Gasteiger partial charge in [0.25, 0.3) is 5.91 Å². The standard InChI is InChI=1S/C10H10Cl3NO2/c1-14(7-5-3-2-4-6-7)9(16)8(15)10(11,12)13/h2-6,8,15H,1H3. The van der Waals surface area contributed by atoms with Crippen LogP contribution < -0.4 is 4.90 Å². The zero-order valence-corrected chi connectivity index (χ0v) is 10.7. The summed E-state index contributed by atoms with van der Waals surface area (Å²) in [5.41, 5.74) is 0.612. The predicted octanol–water partition coefficient (Wildman–Crippen LogP) is 2.38. The molecule has 1 unspecified atom stereocenters. The Morgan fingerprint density at radius 1 is 1.31 bits per heavy atom. The summed E-state index contributed by atoms with van der Waals surface area (Å²) in [6, 6.07) is 8.76. The van der Waals surface area contributed by atoms with Gasteiger partial charge in [-0.05, 0) is 12.1 Å². The van der Waals surface area contributed by atoms with Crippen molar-refractivity contribution in [2.45, 2.75) is 9.90 Å². The molecule has 1 amide bonds. The maximum absolute atomic E-state index is 11.7. The number of aliphatic hydroxyl groups is 1. The van der Waals surface area contributed by atoms with Crippen LogP contribution in [0.3, 0.4) is 0 Å². The van der Waals surface area contributed by atoms with Crippen molar-refractivity contribution in [3.05, 3.63) is 30.3 Å². The number of hydrogen-bond acceptors (Lipinski definition) is 2. The van der Waals surface area contributed by atoms with Gasteiger partial charge in [-0.2, -0.15) is 0 Å². The van der Waals surface area contributed by atoms with Crippen LogP contribution >= 0.6 is 34.8 Å². The predicted molar refractivity (Wildman–Crippen MR) is 66.1 cm³/mol. The monoisotopic (exact) mass is 281 g/mol. The Hall–Kier alpha value is -0.480. The average Bonchev–Trinajstić information content (AvgIpc) is 2.26. The number of para-hydroxylation sites is 1. The Balaban J connectivity index is 2.84. The van der Waals surface area contributed by atoms with Crippen molar-refractivity contribution in [3.8, 4) is 0 Å². The summed E-state index contributed by atoms with van der Waals surface area (Å²) in [5, 5.41) is 9.50. The maximum atomic E-state index is 11.7. The van der Waals surface area contributed by atoms with E-state index in [1.807, 2.05) is 6.07 Å². The van der Waals surface area contributed by atoms with Gasteiger partial charge in [-0.25, -0.2) is 0 Å². The molecule has 1 N–H and O–H groups in total. The smallest absolute Gasteiger partial charge is 0.260 e. The first-order valence-corrected chi connectivity index (χ1v) is 5.55. The lowest BCUT2D eigenvalue weighted by molar-refractivity contribution is -0.126. The Morgan fingerprint density at radius 3 is 2.25 bits per heavy atom. The van der Waals surface area contributed by atoms with E-state index in [9.17, 15) is 9.90 Å². The molecular formula is C10H10Cl3NO2. The fraction of sp³-hybridized carbons (Fsp3) is 0.300. The van der Waals surface area contributed by atoms with E-state index in [1.165, 1.54) is 11.9 Å². The Bertz CT molecular complexity index is 364. The lowest BCUT2D eigenvalue weighted by Gasteiger charge is -2.24. The Kier molecular flexibility index (Phi) is 4.44. The van der Waals surface area contributed by atoms with Crippen molar-refractivity contribution in [3.63, 3.8) is 0 Å². The van der Waals surface area contributed by atoms with Crippen molar-refractivity contribution < 1.29 is 9.90 Å². The number of likely N-dealkylation sites (N-methyl/N-ethyl adjacent to an activating group) is 1. The van der Waals surface area contributed by atoms with Gasteiger partial charge in [0, 0.05) is 12.7 Å². The number of aliphatic hydroxyl groups excluding tert-OH is 1. The van der Waals surface area contributed by atoms with Crippen LogP contribution in [0.2, 0.25) is 0 Å². The minimum atomic E-state index is -2.03. The first-order chi connectivity index (χ1) is 7.34. The molecule has 0 fully saturated rings. The zero-order valence-electron chi connectivity index (χ0n) is 8.40. The topological polar surface area (TPSA) is 40.5 Å². The van der Waals surface area contributed by atoms with Crippen LogP contribution in [0.25, 0.3) is 0 Å². The van der Waals surface area contributed by atoms with Crippen LogP contribution in [-0.4, -0.2) is 28.0 Å². The molecule has 0 bridgehead atoms. The van der Waals surface area contributed by atoms with Crippen molar-refractivity contribution >= 4 is 46.4 Å². The Morgan fingerprint density at radius 2 is 1.81 bits per heavy atom. The molecule has 6 heteroatoms. The van der Waals surface area contributed by atoms with Crippen LogP contribution in [0.15, 0.2) is 30.3 Å². The average molecular weight is 283 g/mol.